The molecule has 0 aliphatic carbocycles. The van der Waals surface area contributed by atoms with Gasteiger partial charge in [0.1, 0.15) is 5.82 Å². The summed E-state index contributed by atoms with van der Waals surface area (Å²) in [5.74, 6) is -1.13. The fourth-order valence-corrected chi connectivity index (χ4v) is 2.22. The van der Waals surface area contributed by atoms with Gasteiger partial charge in [-0.05, 0) is 18.2 Å². The average Bonchev–Trinajstić information content (AvgIpc) is 2.26. The van der Waals surface area contributed by atoms with E-state index in [0.717, 1.165) is 12.1 Å². The second-order valence-corrected chi connectivity index (χ2v) is 5.43. The van der Waals surface area contributed by atoms with Crippen molar-refractivity contribution in [3.05, 3.63) is 30.1 Å². The lowest BCUT2D eigenvalue weighted by molar-refractivity contribution is 0.571. The van der Waals surface area contributed by atoms with E-state index >= 15 is 0 Å². The number of nitrogens with two attached hydrogens (primary N) is 1. The van der Waals surface area contributed by atoms with Gasteiger partial charge in [0.25, 0.3) is 0 Å². The Balaban J connectivity index is 2.79. The van der Waals surface area contributed by atoms with E-state index in [9.17, 15) is 12.8 Å². The van der Waals surface area contributed by atoms with Crippen molar-refractivity contribution in [3.63, 3.8) is 0 Å². The van der Waals surface area contributed by atoms with E-state index in [1.807, 2.05) is 0 Å². The highest BCUT2D eigenvalue weighted by Gasteiger charge is 2.16. The molecule has 17 heavy (non-hydrogen) atoms. The van der Waals surface area contributed by atoms with Gasteiger partial charge in [0.15, 0.2) is 0 Å². The molecule has 0 radical (unpaired) electrons. The number of sulfonamides is 1. The molecule has 4 N–H and O–H groups in total. The first-order valence-electron chi connectivity index (χ1n) is 4.92. The Bertz CT molecular complexity index is 516. The number of halogens is 1. The summed E-state index contributed by atoms with van der Waals surface area (Å²) in [4.78, 5) is -0.145. The zero-order chi connectivity index (χ0) is 13.1. The van der Waals surface area contributed by atoms with Crippen LogP contribution in [0.25, 0.3) is 0 Å². The van der Waals surface area contributed by atoms with Gasteiger partial charge in [-0.3, -0.25) is 5.41 Å². The lowest BCUT2D eigenvalue weighted by Crippen LogP contribution is -2.34. The van der Waals surface area contributed by atoms with Gasteiger partial charge >= 0.3 is 0 Å². The molecule has 0 saturated heterocycles. The minimum atomic E-state index is -3.75. The molecule has 1 aromatic carbocycles. The summed E-state index contributed by atoms with van der Waals surface area (Å²) in [5, 5.41) is 7.13. The lowest BCUT2D eigenvalue weighted by Gasteiger charge is -2.11. The van der Waals surface area contributed by atoms with E-state index in [1.165, 1.54) is 12.1 Å². The molecule has 0 heterocycles. The molecule has 0 fully saturated rings. The quantitative estimate of drug-likeness (QED) is 0.536. The molecule has 0 aromatic heterocycles. The Morgan fingerprint density at radius 2 is 2.24 bits per heavy atom. The van der Waals surface area contributed by atoms with Crippen LogP contribution in [0.3, 0.4) is 0 Å². The van der Waals surface area contributed by atoms with Crippen molar-refractivity contribution >= 4 is 15.9 Å². The monoisotopic (exact) mass is 259 g/mol. The van der Waals surface area contributed by atoms with Gasteiger partial charge in [0.05, 0.1) is 10.7 Å². The van der Waals surface area contributed by atoms with Crippen molar-refractivity contribution in [1.82, 2.24) is 4.72 Å². The van der Waals surface area contributed by atoms with Gasteiger partial charge in [-0.2, -0.15) is 0 Å². The second-order valence-electron chi connectivity index (χ2n) is 3.67. The molecule has 0 amide bonds. The molecule has 0 aliphatic rings. The molecule has 5 nitrogen and oxygen atoms in total. The zero-order valence-electron chi connectivity index (χ0n) is 9.27. The molecule has 0 bridgehead atoms. The zero-order valence-corrected chi connectivity index (χ0v) is 10.1. The van der Waals surface area contributed by atoms with Crippen LogP contribution >= 0.6 is 0 Å². The molecule has 7 heteroatoms. The molecule has 1 unspecified atom stereocenters. The minimum absolute atomic E-state index is 0.00812. The molecule has 1 aromatic rings. The molecule has 0 aliphatic heterocycles. The van der Waals surface area contributed by atoms with Gasteiger partial charge in [-0.25, -0.2) is 17.5 Å². The Hall–Kier alpha value is -1.47. The summed E-state index contributed by atoms with van der Waals surface area (Å²) in [6, 6.07) is 4.71. The normalized spacial score (nSPS) is 13.3. The number of benzene rings is 1. The van der Waals surface area contributed by atoms with Crippen molar-refractivity contribution in [2.24, 2.45) is 11.7 Å². The number of nitrogens with one attached hydrogen (secondary N) is 2. The van der Waals surface area contributed by atoms with E-state index in [4.69, 9.17) is 11.1 Å². The van der Waals surface area contributed by atoms with Gasteiger partial charge in [0, 0.05) is 12.5 Å². The first-order chi connectivity index (χ1) is 7.83. The fourth-order valence-electron chi connectivity index (χ4n) is 1.06. The standard InChI is InChI=1S/C10H14FN3O2S/c1-7(10(12)13)6-14-17(15,16)9-4-2-3-8(11)5-9/h2-5,7,14H,6H2,1H3,(H3,12,13). The third kappa shape index (κ3) is 3.79. The van der Waals surface area contributed by atoms with Crippen molar-refractivity contribution in [2.45, 2.75) is 11.8 Å². The predicted molar refractivity (Wildman–Crippen MR) is 62.7 cm³/mol. The van der Waals surface area contributed by atoms with Crippen LogP contribution in [0.2, 0.25) is 0 Å². The first-order valence-corrected chi connectivity index (χ1v) is 6.40. The van der Waals surface area contributed by atoms with Gasteiger partial charge in [-0.15, -0.1) is 0 Å². The molecule has 1 rings (SSSR count). The topological polar surface area (TPSA) is 96.0 Å². The summed E-state index contributed by atoms with van der Waals surface area (Å²) in [5.41, 5.74) is 5.22. The summed E-state index contributed by atoms with van der Waals surface area (Å²) >= 11 is 0. The smallest absolute Gasteiger partial charge is 0.240 e. The van der Waals surface area contributed by atoms with E-state index in [2.05, 4.69) is 4.72 Å². The maximum absolute atomic E-state index is 12.9. The predicted octanol–water partition coefficient (Wildman–Crippen LogP) is 0.676. The molecular formula is C10H14FN3O2S. The summed E-state index contributed by atoms with van der Waals surface area (Å²) < 4.78 is 38.6. The maximum Gasteiger partial charge on any atom is 0.240 e. The van der Waals surface area contributed by atoms with E-state index < -0.39 is 21.8 Å². The summed E-state index contributed by atoms with van der Waals surface area (Å²) in [6.07, 6.45) is 0. The molecule has 94 valence electrons. The Labute approximate surface area is 99.4 Å². The summed E-state index contributed by atoms with van der Waals surface area (Å²) in [7, 11) is -3.75. The second kappa shape index (κ2) is 5.24. The maximum atomic E-state index is 12.9. The van der Waals surface area contributed by atoms with Crippen molar-refractivity contribution in [3.8, 4) is 0 Å². The molecule has 1 atom stereocenters. The van der Waals surface area contributed by atoms with E-state index in [0.29, 0.717) is 0 Å². The molecule has 0 spiro atoms. The Kier molecular flexibility index (Phi) is 4.19. The van der Waals surface area contributed by atoms with Gasteiger partial charge in [-0.1, -0.05) is 13.0 Å². The van der Waals surface area contributed by atoms with Crippen LogP contribution in [0.5, 0.6) is 0 Å². The third-order valence-corrected chi connectivity index (χ3v) is 3.64. The van der Waals surface area contributed by atoms with E-state index in [1.54, 1.807) is 6.92 Å². The fraction of sp³-hybridized carbons (Fsp3) is 0.300. The third-order valence-electron chi connectivity index (χ3n) is 2.22. The Morgan fingerprint density at radius 1 is 1.59 bits per heavy atom. The van der Waals surface area contributed by atoms with Crippen LogP contribution in [0, 0.1) is 17.1 Å². The highest BCUT2D eigenvalue weighted by molar-refractivity contribution is 7.89. The summed E-state index contributed by atoms with van der Waals surface area (Å²) in [6.45, 7) is 1.63. The Morgan fingerprint density at radius 3 is 2.76 bits per heavy atom. The van der Waals surface area contributed by atoms with Crippen molar-refractivity contribution < 1.29 is 12.8 Å². The van der Waals surface area contributed by atoms with Crippen LogP contribution in [0.1, 0.15) is 6.92 Å². The number of amidine groups is 1. The van der Waals surface area contributed by atoms with Crippen molar-refractivity contribution in [2.75, 3.05) is 6.54 Å². The molecule has 0 saturated carbocycles. The molecular weight excluding hydrogens is 245 g/mol. The average molecular weight is 259 g/mol. The van der Waals surface area contributed by atoms with Crippen LogP contribution in [0.15, 0.2) is 29.2 Å². The number of rotatable bonds is 5. The lowest BCUT2D eigenvalue weighted by atomic mass is 10.2. The van der Waals surface area contributed by atoms with Gasteiger partial charge < -0.3 is 5.73 Å². The SMILES string of the molecule is CC(CNS(=O)(=O)c1cccc(F)c1)C(=N)N. The highest BCUT2D eigenvalue weighted by atomic mass is 32.2. The largest absolute Gasteiger partial charge is 0.387 e. The highest BCUT2D eigenvalue weighted by Crippen LogP contribution is 2.10. The van der Waals surface area contributed by atoms with E-state index in [-0.39, 0.29) is 17.3 Å². The van der Waals surface area contributed by atoms with Crippen LogP contribution < -0.4 is 10.5 Å². The van der Waals surface area contributed by atoms with Crippen LogP contribution in [-0.4, -0.2) is 20.8 Å². The van der Waals surface area contributed by atoms with Crippen LogP contribution in [0.4, 0.5) is 4.39 Å². The van der Waals surface area contributed by atoms with Crippen molar-refractivity contribution in [1.29, 1.82) is 5.41 Å². The number of hydrogen-bond acceptors (Lipinski definition) is 3. The number of hydrogen-bond donors (Lipinski definition) is 3. The minimum Gasteiger partial charge on any atom is -0.387 e. The van der Waals surface area contributed by atoms with Crippen LogP contribution in [-0.2, 0) is 10.0 Å². The van der Waals surface area contributed by atoms with Gasteiger partial charge in [0.2, 0.25) is 10.0 Å². The first kappa shape index (κ1) is 13.6.